The number of nitrogens with one attached hydrogen (secondary N) is 2. The summed E-state index contributed by atoms with van der Waals surface area (Å²) in [5.74, 6) is -1.04. The van der Waals surface area contributed by atoms with Crippen molar-refractivity contribution in [2.75, 3.05) is 0 Å². The Labute approximate surface area is 110 Å². The van der Waals surface area contributed by atoms with E-state index in [4.69, 9.17) is 5.11 Å². The highest BCUT2D eigenvalue weighted by atomic mass is 32.1. The largest absolute Gasteiger partial charge is 0.480 e. The van der Waals surface area contributed by atoms with Crippen LogP contribution in [0.4, 0.5) is 4.79 Å². The van der Waals surface area contributed by atoms with Crippen LogP contribution in [0.3, 0.4) is 0 Å². The smallest absolute Gasteiger partial charge is 0.329 e. The highest BCUT2D eigenvalue weighted by Crippen LogP contribution is 2.14. The molecule has 0 aliphatic carbocycles. The van der Waals surface area contributed by atoms with Crippen molar-refractivity contribution in [1.29, 1.82) is 0 Å². The molecule has 1 atom stereocenters. The molecular weight excluding hydrogens is 252 g/mol. The molecule has 3 N–H and O–H groups in total. The van der Waals surface area contributed by atoms with Crippen molar-refractivity contribution < 1.29 is 14.7 Å². The minimum Gasteiger partial charge on any atom is -0.480 e. The van der Waals surface area contributed by atoms with Crippen LogP contribution in [0.2, 0.25) is 0 Å². The lowest BCUT2D eigenvalue weighted by molar-refractivity contribution is -0.143. The van der Waals surface area contributed by atoms with Crippen molar-refractivity contribution in [2.45, 2.75) is 39.3 Å². The third kappa shape index (κ3) is 3.73. The molecule has 0 aliphatic heterocycles. The lowest BCUT2D eigenvalue weighted by Crippen LogP contribution is -2.54. The quantitative estimate of drug-likeness (QED) is 0.766. The highest BCUT2D eigenvalue weighted by Gasteiger charge is 2.32. The molecule has 2 amide bonds. The van der Waals surface area contributed by atoms with E-state index in [1.165, 1.54) is 11.8 Å². The zero-order chi connectivity index (χ0) is 13.8. The number of amides is 2. The van der Waals surface area contributed by atoms with E-state index in [0.717, 1.165) is 4.88 Å². The molecule has 1 rings (SSSR count). The minimum atomic E-state index is -1.23. The number of carbonyl (C=O) groups excluding carboxylic acids is 1. The van der Waals surface area contributed by atoms with Crippen LogP contribution in [0.25, 0.3) is 0 Å². The fourth-order valence-corrected chi connectivity index (χ4v) is 2.17. The second-order valence-corrected chi connectivity index (χ2v) is 5.68. The number of carboxylic acids is 1. The molecule has 0 saturated carbocycles. The first-order chi connectivity index (χ1) is 8.37. The standard InChI is InChI=1S/C12H18N2O3S/c1-4-12(3,10(15)16)14-11(17)13-7-9-6-5-8(2)18-9/h5-6H,4,7H2,1-3H3,(H,15,16)(H2,13,14,17). The van der Waals surface area contributed by atoms with Crippen LogP contribution in [0.5, 0.6) is 0 Å². The Balaban J connectivity index is 2.49. The third-order valence-corrected chi connectivity index (χ3v) is 3.79. The van der Waals surface area contributed by atoms with Crippen molar-refractivity contribution in [1.82, 2.24) is 10.6 Å². The Morgan fingerprint density at radius 2 is 2.11 bits per heavy atom. The summed E-state index contributed by atoms with van der Waals surface area (Å²) in [7, 11) is 0. The first kappa shape index (κ1) is 14.5. The normalized spacial score (nSPS) is 13.7. The van der Waals surface area contributed by atoms with Gasteiger partial charge < -0.3 is 15.7 Å². The van der Waals surface area contributed by atoms with E-state index < -0.39 is 17.5 Å². The molecule has 18 heavy (non-hydrogen) atoms. The Kier molecular flexibility index (Phi) is 4.72. The summed E-state index contributed by atoms with van der Waals surface area (Å²) in [5.41, 5.74) is -1.23. The van der Waals surface area contributed by atoms with Crippen molar-refractivity contribution in [3.05, 3.63) is 21.9 Å². The Hall–Kier alpha value is -1.56. The van der Waals surface area contributed by atoms with Crippen molar-refractivity contribution in [3.63, 3.8) is 0 Å². The van der Waals surface area contributed by atoms with Crippen LogP contribution in [0, 0.1) is 6.92 Å². The third-order valence-electron chi connectivity index (χ3n) is 2.79. The highest BCUT2D eigenvalue weighted by molar-refractivity contribution is 7.11. The van der Waals surface area contributed by atoms with Gasteiger partial charge in [0.1, 0.15) is 5.54 Å². The predicted molar refractivity (Wildman–Crippen MR) is 70.8 cm³/mol. The van der Waals surface area contributed by atoms with Crippen molar-refractivity contribution in [2.24, 2.45) is 0 Å². The molecule has 1 heterocycles. The molecule has 0 fully saturated rings. The van der Waals surface area contributed by atoms with Crippen LogP contribution in [-0.2, 0) is 11.3 Å². The molecule has 0 aliphatic rings. The minimum absolute atomic E-state index is 0.327. The molecule has 1 aromatic heterocycles. The number of aryl methyl sites for hydroxylation is 1. The summed E-state index contributed by atoms with van der Waals surface area (Å²) in [6.07, 6.45) is 0.327. The molecule has 5 nitrogen and oxygen atoms in total. The summed E-state index contributed by atoms with van der Waals surface area (Å²) in [5, 5.41) is 14.2. The summed E-state index contributed by atoms with van der Waals surface area (Å²) in [6, 6.07) is 3.46. The maximum Gasteiger partial charge on any atom is 0.329 e. The topological polar surface area (TPSA) is 78.4 Å². The van der Waals surface area contributed by atoms with E-state index in [1.807, 2.05) is 19.1 Å². The van der Waals surface area contributed by atoms with Crippen LogP contribution in [0.1, 0.15) is 30.0 Å². The summed E-state index contributed by atoms with van der Waals surface area (Å²) in [6.45, 7) is 5.61. The van der Waals surface area contributed by atoms with E-state index in [0.29, 0.717) is 13.0 Å². The van der Waals surface area contributed by atoms with Gasteiger partial charge >= 0.3 is 12.0 Å². The van der Waals surface area contributed by atoms with E-state index in [9.17, 15) is 9.59 Å². The van der Waals surface area contributed by atoms with Gasteiger partial charge in [0.2, 0.25) is 0 Å². The number of carboxylic acid groups (broad SMARTS) is 1. The number of urea groups is 1. The monoisotopic (exact) mass is 270 g/mol. The van der Waals surface area contributed by atoms with E-state index in [2.05, 4.69) is 10.6 Å². The summed E-state index contributed by atoms with van der Waals surface area (Å²) in [4.78, 5) is 24.9. The van der Waals surface area contributed by atoms with Crippen LogP contribution in [-0.4, -0.2) is 22.6 Å². The first-order valence-corrected chi connectivity index (χ1v) is 6.54. The number of rotatable bonds is 5. The van der Waals surface area contributed by atoms with E-state index in [1.54, 1.807) is 18.3 Å². The molecule has 0 spiro atoms. The molecule has 0 saturated heterocycles. The number of thiophene rings is 1. The first-order valence-electron chi connectivity index (χ1n) is 5.72. The lowest BCUT2D eigenvalue weighted by Gasteiger charge is -2.24. The van der Waals surface area contributed by atoms with Crippen LogP contribution in [0.15, 0.2) is 12.1 Å². The maximum absolute atomic E-state index is 11.6. The van der Waals surface area contributed by atoms with Gasteiger partial charge in [0.25, 0.3) is 0 Å². The number of hydrogen-bond donors (Lipinski definition) is 3. The van der Waals surface area contributed by atoms with Gasteiger partial charge in [-0.3, -0.25) is 0 Å². The number of carbonyl (C=O) groups is 2. The number of hydrogen-bond acceptors (Lipinski definition) is 3. The molecule has 0 radical (unpaired) electrons. The second kappa shape index (κ2) is 5.86. The SMILES string of the molecule is CCC(C)(NC(=O)NCc1ccc(C)s1)C(=O)O. The Morgan fingerprint density at radius 3 is 2.56 bits per heavy atom. The fourth-order valence-electron chi connectivity index (χ4n) is 1.34. The average molecular weight is 270 g/mol. The van der Waals surface area contributed by atoms with Crippen molar-refractivity contribution in [3.8, 4) is 0 Å². The van der Waals surface area contributed by atoms with Gasteiger partial charge in [0.15, 0.2) is 0 Å². The van der Waals surface area contributed by atoms with Gasteiger partial charge in [-0.15, -0.1) is 11.3 Å². The van der Waals surface area contributed by atoms with Gasteiger partial charge in [-0.1, -0.05) is 6.92 Å². The summed E-state index contributed by atoms with van der Waals surface area (Å²) >= 11 is 1.60. The predicted octanol–water partition coefficient (Wildman–Crippen LogP) is 2.11. The van der Waals surface area contributed by atoms with Gasteiger partial charge in [-0.05, 0) is 32.4 Å². The molecule has 0 bridgehead atoms. The Bertz CT molecular complexity index is 444. The van der Waals surface area contributed by atoms with Crippen LogP contribution < -0.4 is 10.6 Å². The zero-order valence-electron chi connectivity index (χ0n) is 10.7. The second-order valence-electron chi connectivity index (χ2n) is 4.31. The molecule has 6 heteroatoms. The molecule has 1 unspecified atom stereocenters. The maximum atomic E-state index is 11.6. The van der Waals surface area contributed by atoms with Gasteiger partial charge in [0, 0.05) is 9.75 Å². The molecule has 0 aromatic carbocycles. The lowest BCUT2D eigenvalue weighted by atomic mass is 10.00. The molecule has 100 valence electrons. The van der Waals surface area contributed by atoms with Crippen molar-refractivity contribution >= 4 is 23.3 Å². The molecule has 1 aromatic rings. The average Bonchev–Trinajstić information content (AvgIpc) is 2.72. The van der Waals surface area contributed by atoms with E-state index in [-0.39, 0.29) is 0 Å². The van der Waals surface area contributed by atoms with Gasteiger partial charge in [0.05, 0.1) is 6.54 Å². The van der Waals surface area contributed by atoms with Gasteiger partial charge in [-0.25, -0.2) is 9.59 Å². The van der Waals surface area contributed by atoms with E-state index >= 15 is 0 Å². The Morgan fingerprint density at radius 1 is 1.44 bits per heavy atom. The van der Waals surface area contributed by atoms with Gasteiger partial charge in [-0.2, -0.15) is 0 Å². The number of aliphatic carboxylic acids is 1. The molecular formula is C12H18N2O3S. The summed E-state index contributed by atoms with van der Waals surface area (Å²) < 4.78 is 0. The van der Waals surface area contributed by atoms with Crippen LogP contribution >= 0.6 is 11.3 Å². The zero-order valence-corrected chi connectivity index (χ0v) is 11.6. The fraction of sp³-hybridized carbons (Fsp3) is 0.500.